The first-order chi connectivity index (χ1) is 20.0. The van der Waals surface area contributed by atoms with E-state index in [0.29, 0.717) is 18.6 Å². The van der Waals surface area contributed by atoms with Crippen molar-refractivity contribution >= 4 is 34.9 Å². The number of nitrogens with zero attached hydrogens (tertiary/aromatic N) is 4. The molecular formula is C33H42N6O2. The quantitative estimate of drug-likeness (QED) is 0.170. The van der Waals surface area contributed by atoms with Crippen molar-refractivity contribution in [2.24, 2.45) is 5.10 Å². The van der Waals surface area contributed by atoms with Gasteiger partial charge in [0.15, 0.2) is 0 Å². The molecule has 2 aromatic carbocycles. The van der Waals surface area contributed by atoms with E-state index in [4.69, 9.17) is 0 Å². The fourth-order valence-electron chi connectivity index (χ4n) is 4.38. The van der Waals surface area contributed by atoms with Crippen LogP contribution in [0.5, 0.6) is 0 Å². The van der Waals surface area contributed by atoms with E-state index in [1.165, 1.54) is 0 Å². The molecule has 0 aliphatic carbocycles. The molecule has 0 fully saturated rings. The first-order valence-electron chi connectivity index (χ1n) is 14.3. The topological polar surface area (TPSA) is 103 Å². The van der Waals surface area contributed by atoms with Crippen LogP contribution < -0.4 is 10.3 Å². The average Bonchev–Trinajstić information content (AvgIpc) is 3.69. The van der Waals surface area contributed by atoms with E-state index in [0.717, 1.165) is 90.6 Å². The van der Waals surface area contributed by atoms with Gasteiger partial charge in [-0.25, -0.2) is 4.98 Å². The molecule has 2 N–H and O–H groups in total. The number of aromatic amines is 1. The molecule has 1 aliphatic rings. The average molecular weight is 555 g/mol. The molecule has 0 amide bonds. The third-order valence-corrected chi connectivity index (χ3v) is 6.45. The minimum absolute atomic E-state index is 0.290. The van der Waals surface area contributed by atoms with Crippen LogP contribution in [0.2, 0.25) is 0 Å². The summed E-state index contributed by atoms with van der Waals surface area (Å²) in [4.78, 5) is 33.3. The molecule has 8 heteroatoms. The number of carbonyl (C=O) groups excluding carboxylic acids is 2. The molecule has 0 radical (unpaired) electrons. The summed E-state index contributed by atoms with van der Waals surface area (Å²) < 4.78 is 0. The van der Waals surface area contributed by atoms with E-state index in [2.05, 4.69) is 49.6 Å². The number of pyridine rings is 1. The number of ketones is 1. The number of fused-ring (bicyclic) bond motifs is 1. The fourth-order valence-corrected chi connectivity index (χ4v) is 4.38. The van der Waals surface area contributed by atoms with E-state index in [1.54, 1.807) is 13.1 Å². The number of aromatic nitrogens is 3. The lowest BCUT2D eigenvalue weighted by molar-refractivity contribution is -0.117. The van der Waals surface area contributed by atoms with Crippen LogP contribution in [0.1, 0.15) is 56.8 Å². The maximum absolute atomic E-state index is 10.9. The Bertz CT molecular complexity index is 1380. The van der Waals surface area contributed by atoms with Gasteiger partial charge in [0.25, 0.3) is 0 Å². The second kappa shape index (κ2) is 17.5. The Morgan fingerprint density at radius 2 is 1.76 bits per heavy atom. The van der Waals surface area contributed by atoms with Crippen LogP contribution in [0, 0.1) is 0 Å². The van der Waals surface area contributed by atoms with Gasteiger partial charge >= 0.3 is 0 Å². The number of carbonyl (C=O) groups is 2. The number of aryl methyl sites for hydroxylation is 1. The Balaban J connectivity index is 0.000000241. The van der Waals surface area contributed by atoms with Crippen molar-refractivity contribution in [2.45, 2.75) is 58.3 Å². The zero-order valence-electron chi connectivity index (χ0n) is 24.5. The fraction of sp³-hybridized carbons (Fsp3) is 0.364. The zero-order chi connectivity index (χ0) is 29.3. The summed E-state index contributed by atoms with van der Waals surface area (Å²) in [7, 11) is 3.75. The normalized spacial score (nSPS) is 11.9. The number of H-pyrrole nitrogens is 1. The second-order valence-electron chi connectivity index (χ2n) is 10.0. The molecule has 0 bridgehead atoms. The number of hydrogen-bond acceptors (Lipinski definition) is 7. The first kappa shape index (κ1) is 31.4. The summed E-state index contributed by atoms with van der Waals surface area (Å²) in [5.74, 6) is 1.33. The van der Waals surface area contributed by atoms with Crippen molar-refractivity contribution in [3.05, 3.63) is 78.4 Å². The summed E-state index contributed by atoms with van der Waals surface area (Å²) >= 11 is 0. The minimum Gasteiger partial charge on any atom is -0.342 e. The van der Waals surface area contributed by atoms with Crippen molar-refractivity contribution in [1.82, 2.24) is 20.3 Å². The van der Waals surface area contributed by atoms with E-state index >= 15 is 0 Å². The number of nitrogens with one attached hydrogen (secondary N) is 2. The largest absolute Gasteiger partial charge is 0.342 e. The highest BCUT2D eigenvalue weighted by molar-refractivity contribution is 5.79. The number of hydrogen-bond donors (Lipinski definition) is 2. The van der Waals surface area contributed by atoms with E-state index < -0.39 is 0 Å². The molecule has 216 valence electrons. The van der Waals surface area contributed by atoms with Crippen LogP contribution in [0.4, 0.5) is 5.69 Å². The van der Waals surface area contributed by atoms with Gasteiger partial charge in [0.05, 0.1) is 23.1 Å². The first-order valence-corrected chi connectivity index (χ1v) is 14.3. The summed E-state index contributed by atoms with van der Waals surface area (Å²) in [6.45, 7) is 2.62. The number of unbranched alkanes of at least 4 members (excludes halogenated alkanes) is 3. The minimum atomic E-state index is 0.290. The Labute approximate surface area is 243 Å². The summed E-state index contributed by atoms with van der Waals surface area (Å²) in [6.07, 6.45) is 14.0. The maximum atomic E-state index is 10.9. The summed E-state index contributed by atoms with van der Waals surface area (Å²) in [6, 6.07) is 18.3. The van der Waals surface area contributed by atoms with E-state index in [-0.39, 0.29) is 0 Å². The molecule has 8 nitrogen and oxygen atoms in total. The molecule has 4 aromatic rings. The Morgan fingerprint density at radius 3 is 2.46 bits per heavy atom. The number of benzene rings is 2. The van der Waals surface area contributed by atoms with Crippen molar-refractivity contribution in [2.75, 3.05) is 25.6 Å². The van der Waals surface area contributed by atoms with Crippen molar-refractivity contribution in [3.63, 3.8) is 0 Å². The van der Waals surface area contributed by atoms with Gasteiger partial charge in [0, 0.05) is 50.0 Å². The Kier molecular flexibility index (Phi) is 13.4. The third-order valence-electron chi connectivity index (χ3n) is 6.45. The molecule has 0 atom stereocenters. The number of anilines is 1. The molecule has 2 aromatic heterocycles. The third kappa shape index (κ3) is 10.7. The second-order valence-corrected chi connectivity index (χ2v) is 10.0. The highest BCUT2D eigenvalue weighted by Gasteiger charge is 2.09. The molecular weight excluding hydrogens is 512 g/mol. The number of rotatable bonds is 11. The number of para-hydroxylation sites is 1. The van der Waals surface area contributed by atoms with Crippen molar-refractivity contribution < 1.29 is 9.59 Å². The monoisotopic (exact) mass is 554 g/mol. The standard InChI is InChI=1S/C20H26N4O.C11H9NO.C2H7N/c1-16(25)7-4-2-3-5-8-20-21-15-19(23-20)17-9-11-18(12-10-17)24-14-6-13-22-24;13-6-5-9-7-10-3-1-2-4-11(10)12-8-9;1-3-2/h9-13,15H,2-8,14H2,1H3,(H,21,23);1-4,6-8H,5H2;3H,1-2H3. The van der Waals surface area contributed by atoms with Crippen LogP contribution in [0.25, 0.3) is 22.2 Å². The Morgan fingerprint density at radius 1 is 1.00 bits per heavy atom. The maximum Gasteiger partial charge on any atom is 0.129 e. The number of aldehydes is 1. The molecule has 0 unspecified atom stereocenters. The highest BCUT2D eigenvalue weighted by atomic mass is 16.1. The van der Waals surface area contributed by atoms with Crippen LogP contribution in [0.15, 0.2) is 72.1 Å². The number of Topliss-reactive ketones (excluding diaryl/α,β-unsaturated/α-hetero) is 1. The van der Waals surface area contributed by atoms with Gasteiger partial charge in [-0.2, -0.15) is 5.10 Å². The molecule has 5 rings (SSSR count). The van der Waals surface area contributed by atoms with Gasteiger partial charge in [-0.3, -0.25) is 9.99 Å². The smallest absolute Gasteiger partial charge is 0.129 e. The van der Waals surface area contributed by atoms with E-state index in [9.17, 15) is 9.59 Å². The lowest BCUT2D eigenvalue weighted by Gasteiger charge is -2.13. The summed E-state index contributed by atoms with van der Waals surface area (Å²) in [5, 5.41) is 10.2. The number of imidazole rings is 1. The van der Waals surface area contributed by atoms with Crippen LogP contribution in [-0.4, -0.2) is 53.9 Å². The molecule has 0 saturated heterocycles. The van der Waals surface area contributed by atoms with Crippen LogP contribution in [0.3, 0.4) is 0 Å². The van der Waals surface area contributed by atoms with Crippen molar-refractivity contribution in [3.8, 4) is 11.3 Å². The molecule has 0 saturated carbocycles. The van der Waals surface area contributed by atoms with Gasteiger partial charge in [-0.15, -0.1) is 0 Å². The lowest BCUT2D eigenvalue weighted by atomic mass is 10.1. The molecule has 1 aliphatic heterocycles. The molecule has 41 heavy (non-hydrogen) atoms. The van der Waals surface area contributed by atoms with Gasteiger partial charge in [0.1, 0.15) is 17.9 Å². The lowest BCUT2D eigenvalue weighted by Crippen LogP contribution is -2.11. The van der Waals surface area contributed by atoms with Gasteiger partial charge in [-0.05, 0) is 69.3 Å². The van der Waals surface area contributed by atoms with Gasteiger partial charge in [-0.1, -0.05) is 43.2 Å². The van der Waals surface area contributed by atoms with Crippen molar-refractivity contribution in [1.29, 1.82) is 0 Å². The van der Waals surface area contributed by atoms with Crippen LogP contribution >= 0.6 is 0 Å². The van der Waals surface area contributed by atoms with E-state index in [1.807, 2.05) is 61.8 Å². The highest BCUT2D eigenvalue weighted by Crippen LogP contribution is 2.23. The predicted octanol–water partition coefficient (Wildman–Crippen LogP) is 6.17. The number of hydrazone groups is 1. The molecule has 3 heterocycles. The molecule has 0 spiro atoms. The summed E-state index contributed by atoms with van der Waals surface area (Å²) in [5.41, 5.74) is 5.27. The predicted molar refractivity (Wildman–Crippen MR) is 168 cm³/mol. The van der Waals surface area contributed by atoms with Gasteiger partial charge < -0.3 is 19.9 Å². The Hall–Kier alpha value is -4.17. The van der Waals surface area contributed by atoms with Gasteiger partial charge in [0.2, 0.25) is 0 Å². The SMILES string of the molecule is CC(=O)CCCCCCc1ncc(-c2ccc(N3CCC=N3)cc2)[nH]1.CNC.O=CCc1cnc2ccccc2c1. The zero-order valence-corrected chi connectivity index (χ0v) is 24.5. The van der Waals surface area contributed by atoms with Crippen LogP contribution in [-0.2, 0) is 22.4 Å².